The Labute approximate surface area is 94.1 Å². The van der Waals surface area contributed by atoms with Gasteiger partial charge in [0, 0.05) is 0 Å². The van der Waals surface area contributed by atoms with Gasteiger partial charge in [0.15, 0.2) is 0 Å². The molecule has 0 N–H and O–H groups in total. The first kappa shape index (κ1) is 9.93. The summed E-state index contributed by atoms with van der Waals surface area (Å²) in [5.41, 5.74) is 2.98. The normalized spacial score (nSPS) is 51.5. The van der Waals surface area contributed by atoms with E-state index in [2.05, 4.69) is 33.8 Å². The van der Waals surface area contributed by atoms with Gasteiger partial charge in [0.05, 0.1) is 0 Å². The molecule has 0 radical (unpaired) electrons. The highest BCUT2D eigenvalue weighted by Gasteiger charge is 2.64. The van der Waals surface area contributed by atoms with Gasteiger partial charge in [0.25, 0.3) is 0 Å². The van der Waals surface area contributed by atoms with Crippen molar-refractivity contribution in [1.29, 1.82) is 0 Å². The van der Waals surface area contributed by atoms with Gasteiger partial charge in [0.2, 0.25) is 0 Å². The molecule has 0 aliphatic heterocycles. The molecule has 4 bridgehead atoms. The average molecular weight is 204 g/mol. The van der Waals surface area contributed by atoms with Crippen LogP contribution < -0.4 is 0 Å². The van der Waals surface area contributed by atoms with Crippen LogP contribution in [0.5, 0.6) is 0 Å². The standard InChI is InChI=1S/C15H24/c1-10-6-7-11-13-12(10)15(11,4)9-5-8-14(13,2)3/h6,11-13H,5,7-9H2,1-4H3/t11-,12+,13-,15?/m1/s1. The molecule has 1 unspecified atom stereocenters. The Morgan fingerprint density at radius 3 is 2.60 bits per heavy atom. The predicted octanol–water partition coefficient (Wildman–Crippen LogP) is 4.42. The highest BCUT2D eigenvalue weighted by Crippen LogP contribution is 2.72. The van der Waals surface area contributed by atoms with Gasteiger partial charge in [-0.1, -0.05) is 38.8 Å². The van der Waals surface area contributed by atoms with Gasteiger partial charge in [-0.2, -0.15) is 0 Å². The zero-order valence-corrected chi connectivity index (χ0v) is 10.6. The number of rotatable bonds is 0. The maximum Gasteiger partial charge on any atom is -0.0113 e. The molecule has 2 saturated carbocycles. The Morgan fingerprint density at radius 1 is 1.20 bits per heavy atom. The number of hydrogen-bond acceptors (Lipinski definition) is 0. The van der Waals surface area contributed by atoms with E-state index in [0.29, 0.717) is 10.8 Å². The molecule has 0 amide bonds. The Balaban J connectivity index is 2.06. The third-order valence-electron chi connectivity index (χ3n) is 5.97. The van der Waals surface area contributed by atoms with Gasteiger partial charge in [-0.25, -0.2) is 0 Å². The molecule has 0 aromatic carbocycles. The largest absolute Gasteiger partial charge is 0.0850 e. The minimum atomic E-state index is 0.598. The lowest BCUT2D eigenvalue weighted by atomic mass is 9.38. The van der Waals surface area contributed by atoms with Crippen molar-refractivity contribution in [3.05, 3.63) is 11.6 Å². The summed E-state index contributed by atoms with van der Waals surface area (Å²) in [7, 11) is 0. The summed E-state index contributed by atoms with van der Waals surface area (Å²) < 4.78 is 0. The van der Waals surface area contributed by atoms with Crippen LogP contribution in [0, 0.1) is 28.6 Å². The smallest absolute Gasteiger partial charge is 0.0113 e. The van der Waals surface area contributed by atoms with Crippen LogP contribution in [-0.4, -0.2) is 0 Å². The lowest BCUT2D eigenvalue weighted by Gasteiger charge is -2.66. The van der Waals surface area contributed by atoms with E-state index >= 15 is 0 Å². The van der Waals surface area contributed by atoms with Crippen molar-refractivity contribution in [2.45, 2.75) is 53.4 Å². The predicted molar refractivity (Wildman–Crippen MR) is 64.6 cm³/mol. The Kier molecular flexibility index (Phi) is 1.79. The molecule has 0 aromatic rings. The molecule has 0 heteroatoms. The first-order valence-corrected chi connectivity index (χ1v) is 6.63. The second-order valence-electron chi connectivity index (χ2n) is 7.14. The molecule has 2 fully saturated rings. The lowest BCUT2D eigenvalue weighted by Crippen LogP contribution is -2.60. The Bertz CT molecular complexity index is 323. The molecule has 84 valence electrons. The highest BCUT2D eigenvalue weighted by molar-refractivity contribution is 5.28. The minimum absolute atomic E-state index is 0.598. The van der Waals surface area contributed by atoms with Crippen molar-refractivity contribution < 1.29 is 0 Å². The highest BCUT2D eigenvalue weighted by atomic mass is 14.7. The number of hydrogen-bond donors (Lipinski definition) is 0. The van der Waals surface area contributed by atoms with Crippen LogP contribution in [-0.2, 0) is 0 Å². The second kappa shape index (κ2) is 2.70. The summed E-state index contributed by atoms with van der Waals surface area (Å²) in [6.45, 7) is 9.98. The number of fused-ring (bicyclic) bond motifs is 1. The van der Waals surface area contributed by atoms with Crippen LogP contribution in [0.3, 0.4) is 0 Å². The van der Waals surface area contributed by atoms with Gasteiger partial charge in [0.1, 0.15) is 0 Å². The van der Waals surface area contributed by atoms with Crippen molar-refractivity contribution in [2.75, 3.05) is 0 Å². The van der Waals surface area contributed by atoms with Gasteiger partial charge < -0.3 is 0 Å². The van der Waals surface area contributed by atoms with E-state index in [-0.39, 0.29) is 0 Å². The van der Waals surface area contributed by atoms with Gasteiger partial charge in [-0.3, -0.25) is 0 Å². The van der Waals surface area contributed by atoms with Gasteiger partial charge in [-0.05, 0) is 54.8 Å². The van der Waals surface area contributed by atoms with Crippen molar-refractivity contribution in [3.8, 4) is 0 Å². The van der Waals surface area contributed by atoms with Crippen molar-refractivity contribution in [2.24, 2.45) is 28.6 Å². The topological polar surface area (TPSA) is 0 Å². The summed E-state index contributed by atoms with van der Waals surface area (Å²) in [6, 6.07) is 0. The van der Waals surface area contributed by atoms with E-state index in [1.165, 1.54) is 25.7 Å². The van der Waals surface area contributed by atoms with E-state index in [9.17, 15) is 0 Å². The van der Waals surface area contributed by atoms with E-state index in [0.717, 1.165) is 17.8 Å². The fraction of sp³-hybridized carbons (Fsp3) is 0.867. The number of allylic oxidation sites excluding steroid dienone is 2. The SMILES string of the molecule is CC1=CC[C@@H]2[C@@H]3[C@H]1C2(C)CCCC3(C)C. The summed E-state index contributed by atoms with van der Waals surface area (Å²) in [5, 5.41) is 0. The molecule has 0 nitrogen and oxygen atoms in total. The zero-order valence-electron chi connectivity index (χ0n) is 10.6. The van der Waals surface area contributed by atoms with Crippen molar-refractivity contribution in [1.82, 2.24) is 0 Å². The minimum Gasteiger partial charge on any atom is -0.0850 e. The summed E-state index contributed by atoms with van der Waals surface area (Å²) in [5.74, 6) is 2.92. The fourth-order valence-electron chi connectivity index (χ4n) is 5.25. The Hall–Kier alpha value is -0.260. The molecule has 0 aromatic heterocycles. The van der Waals surface area contributed by atoms with E-state index in [1.54, 1.807) is 5.57 Å². The maximum atomic E-state index is 2.57. The third kappa shape index (κ3) is 1.04. The second-order valence-corrected chi connectivity index (χ2v) is 7.14. The van der Waals surface area contributed by atoms with E-state index in [4.69, 9.17) is 0 Å². The molecule has 0 saturated heterocycles. The van der Waals surface area contributed by atoms with Crippen LogP contribution in [0.4, 0.5) is 0 Å². The van der Waals surface area contributed by atoms with Crippen LogP contribution >= 0.6 is 0 Å². The Morgan fingerprint density at radius 2 is 1.93 bits per heavy atom. The maximum absolute atomic E-state index is 2.57. The molecule has 4 aliphatic carbocycles. The van der Waals surface area contributed by atoms with Crippen LogP contribution in [0.1, 0.15) is 53.4 Å². The summed E-state index contributed by atoms with van der Waals surface area (Å²) >= 11 is 0. The van der Waals surface area contributed by atoms with E-state index in [1.807, 2.05) is 0 Å². The van der Waals surface area contributed by atoms with Crippen LogP contribution in [0.2, 0.25) is 0 Å². The van der Waals surface area contributed by atoms with E-state index < -0.39 is 0 Å². The average Bonchev–Trinajstić information content (AvgIpc) is 2.30. The van der Waals surface area contributed by atoms with Crippen molar-refractivity contribution in [3.63, 3.8) is 0 Å². The molecule has 4 rings (SSSR count). The quantitative estimate of drug-likeness (QED) is 0.513. The third-order valence-corrected chi connectivity index (χ3v) is 5.97. The molecule has 15 heavy (non-hydrogen) atoms. The van der Waals surface area contributed by atoms with Crippen LogP contribution in [0.25, 0.3) is 0 Å². The van der Waals surface area contributed by atoms with Gasteiger partial charge in [-0.15, -0.1) is 0 Å². The molecule has 4 aliphatic rings. The summed E-state index contributed by atoms with van der Waals surface area (Å²) in [6.07, 6.45) is 8.28. The first-order chi connectivity index (χ1) is 6.97. The van der Waals surface area contributed by atoms with Gasteiger partial charge >= 0.3 is 0 Å². The fourth-order valence-corrected chi connectivity index (χ4v) is 5.25. The lowest BCUT2D eigenvalue weighted by molar-refractivity contribution is -0.138. The zero-order chi connectivity index (χ0) is 10.8. The summed E-state index contributed by atoms with van der Waals surface area (Å²) in [4.78, 5) is 0. The molecular formula is C15H24. The monoisotopic (exact) mass is 204 g/mol. The molecule has 4 atom stereocenters. The van der Waals surface area contributed by atoms with Crippen molar-refractivity contribution >= 4 is 0 Å². The molecule has 0 spiro atoms. The first-order valence-electron chi connectivity index (χ1n) is 6.63. The molecular weight excluding hydrogens is 180 g/mol. The molecule has 0 heterocycles. The van der Waals surface area contributed by atoms with Crippen LogP contribution in [0.15, 0.2) is 11.6 Å².